The summed E-state index contributed by atoms with van der Waals surface area (Å²) in [4.78, 5) is 71.4. The number of halogens is 1. The number of amides is 1. The van der Waals surface area contributed by atoms with Gasteiger partial charge in [0.05, 0.1) is 24.4 Å². The highest BCUT2D eigenvalue weighted by molar-refractivity contribution is 6.39. The molecule has 2 N–H and O–H groups in total. The molecule has 13 nitrogen and oxygen atoms in total. The Hall–Kier alpha value is -3.40. The van der Waals surface area contributed by atoms with E-state index in [4.69, 9.17) is 23.7 Å². The van der Waals surface area contributed by atoms with Crippen molar-refractivity contribution in [2.75, 3.05) is 27.9 Å². The molecule has 15 atom stereocenters. The van der Waals surface area contributed by atoms with E-state index in [2.05, 4.69) is 0 Å². The molecule has 0 spiro atoms. The van der Waals surface area contributed by atoms with E-state index in [1.165, 1.54) is 7.11 Å². The number of Topliss-reactive ketones (excluding diaryl/α,β-unsaturated/α-hetero) is 3. The Morgan fingerprint density at radius 2 is 1.58 bits per heavy atom. The maximum atomic E-state index is 17.1. The van der Waals surface area contributed by atoms with Crippen LogP contribution in [0.15, 0.2) is 47.6 Å². The van der Waals surface area contributed by atoms with Gasteiger partial charge in [-0.3, -0.25) is 19.2 Å². The second kappa shape index (κ2) is 25.1. The van der Waals surface area contributed by atoms with E-state index in [9.17, 15) is 34.2 Å². The van der Waals surface area contributed by atoms with E-state index in [0.29, 0.717) is 56.9 Å². The van der Waals surface area contributed by atoms with E-state index in [0.717, 1.165) is 10.5 Å². The lowest BCUT2D eigenvalue weighted by Gasteiger charge is -2.41. The van der Waals surface area contributed by atoms with Gasteiger partial charge in [0, 0.05) is 58.5 Å². The second-order valence-electron chi connectivity index (χ2n) is 19.5. The number of ether oxygens (including phenoxy) is 5. The quantitative estimate of drug-likeness (QED) is 0.157. The first kappa shape index (κ1) is 54.2. The van der Waals surface area contributed by atoms with Gasteiger partial charge in [0.2, 0.25) is 0 Å². The monoisotopic (exact) mass is 916 g/mol. The number of carbonyl (C=O) groups excluding carboxylic acids is 5. The number of piperidine rings is 1. The zero-order chi connectivity index (χ0) is 48.2. The number of aliphatic hydroxyl groups is 2. The van der Waals surface area contributed by atoms with Crippen LogP contribution in [0.25, 0.3) is 0 Å². The molecule has 0 aromatic heterocycles. The summed E-state index contributed by atoms with van der Waals surface area (Å²) in [5.41, 5.74) is 1.22. The molecule has 4 rings (SSSR count). The first-order chi connectivity index (χ1) is 30.7. The summed E-state index contributed by atoms with van der Waals surface area (Å²) in [5.74, 6) is -9.16. The molecular weight excluding hydrogens is 838 g/mol. The molecule has 0 aromatic rings. The molecule has 1 saturated carbocycles. The van der Waals surface area contributed by atoms with Crippen LogP contribution < -0.4 is 0 Å². The van der Waals surface area contributed by atoms with E-state index < -0.39 is 83.9 Å². The highest BCUT2D eigenvalue weighted by atomic mass is 19.2. The third-order valence-electron chi connectivity index (χ3n) is 14.4. The predicted octanol–water partition coefficient (Wildman–Crippen LogP) is 7.16. The molecule has 14 heteroatoms. The van der Waals surface area contributed by atoms with Gasteiger partial charge in [0.15, 0.2) is 5.78 Å². The van der Waals surface area contributed by atoms with Crippen LogP contribution in [0.1, 0.15) is 126 Å². The minimum absolute atomic E-state index is 0.00748. The van der Waals surface area contributed by atoms with Crippen molar-refractivity contribution >= 4 is 29.2 Å². The molecule has 366 valence electrons. The van der Waals surface area contributed by atoms with E-state index in [1.807, 2.05) is 51.2 Å². The van der Waals surface area contributed by atoms with E-state index >= 15 is 4.39 Å². The normalized spacial score (nSPS) is 40.4. The summed E-state index contributed by atoms with van der Waals surface area (Å²) in [5, 5.41) is 21.9. The Bertz CT molecular complexity index is 1760. The number of aliphatic hydroxyl groups excluding tert-OH is 2. The highest BCUT2D eigenvalue weighted by Crippen LogP contribution is 2.40. The van der Waals surface area contributed by atoms with E-state index in [-0.39, 0.29) is 67.7 Å². The predicted molar refractivity (Wildman–Crippen MR) is 244 cm³/mol. The smallest absolute Gasteiger partial charge is 0.329 e. The van der Waals surface area contributed by atoms with Gasteiger partial charge in [-0.05, 0) is 107 Å². The number of rotatable bonds is 6. The summed E-state index contributed by atoms with van der Waals surface area (Å²) in [6.45, 7) is 12.5. The summed E-state index contributed by atoms with van der Waals surface area (Å²) in [6.07, 6.45) is 10.3. The minimum Gasteiger partial charge on any atom is -0.460 e. The maximum Gasteiger partial charge on any atom is 0.329 e. The molecule has 2 saturated heterocycles. The average Bonchev–Trinajstić information content (AvgIpc) is 3.28. The molecule has 3 fully saturated rings. The Kier molecular flexibility index (Phi) is 20.9. The number of hydrogen-bond acceptors (Lipinski definition) is 12. The van der Waals surface area contributed by atoms with Gasteiger partial charge in [-0.1, -0.05) is 71.1 Å². The second-order valence-corrected chi connectivity index (χ2v) is 19.5. The molecule has 3 aliphatic heterocycles. The lowest BCUT2D eigenvalue weighted by Crippen LogP contribution is -2.59. The highest BCUT2D eigenvalue weighted by Gasteiger charge is 2.55. The minimum atomic E-state index is -2.93. The van der Waals surface area contributed by atoms with Crippen LogP contribution in [0.3, 0.4) is 0 Å². The number of cyclic esters (lactones) is 1. The third-order valence-corrected chi connectivity index (χ3v) is 14.4. The molecule has 0 radical (unpaired) electrons. The maximum absolute atomic E-state index is 17.1. The van der Waals surface area contributed by atoms with Crippen LogP contribution in [0.5, 0.6) is 0 Å². The lowest BCUT2D eigenvalue weighted by atomic mass is 9.78. The molecular formula is C51H78FNO12. The van der Waals surface area contributed by atoms with Gasteiger partial charge >= 0.3 is 5.97 Å². The van der Waals surface area contributed by atoms with Crippen molar-refractivity contribution in [3.63, 3.8) is 0 Å². The molecule has 3 heterocycles. The van der Waals surface area contributed by atoms with Gasteiger partial charge in [-0.2, -0.15) is 0 Å². The number of alkyl halides is 1. The van der Waals surface area contributed by atoms with Crippen molar-refractivity contribution < 1.29 is 62.3 Å². The molecule has 0 aromatic carbocycles. The number of fused-ring (bicyclic) bond motifs is 3. The van der Waals surface area contributed by atoms with Crippen molar-refractivity contribution in [3.05, 3.63) is 47.6 Å². The van der Waals surface area contributed by atoms with Crippen molar-refractivity contribution in [1.82, 2.24) is 4.90 Å². The fraction of sp³-hybridized carbons (Fsp3) is 0.745. The zero-order valence-corrected chi connectivity index (χ0v) is 40.5. The third kappa shape index (κ3) is 14.3. The fourth-order valence-corrected chi connectivity index (χ4v) is 10.1. The van der Waals surface area contributed by atoms with Gasteiger partial charge in [-0.25, -0.2) is 9.18 Å². The van der Waals surface area contributed by atoms with Crippen molar-refractivity contribution in [1.29, 1.82) is 0 Å². The summed E-state index contributed by atoms with van der Waals surface area (Å²) in [7, 11) is 4.47. The molecule has 2 bridgehead atoms. The Labute approximate surface area is 386 Å². The SMILES string of the molecule is COC1C[C@@H]2CC[C@@H](C)C(F)(O2)C(=O)C(=O)N2CCCC[C@H]2C(=O)OC([C@H](C)C[C@@H]2CCC(O)C(OC)C2)CC(=O)[C@H](C)/C=C(\C)C(O)C(OC)C(=O)[C@H](C)C[C@H](C)/C=C/C=C/C=C/1C. The molecule has 1 amide bonds. The van der Waals surface area contributed by atoms with Crippen molar-refractivity contribution in [3.8, 4) is 0 Å². The molecule has 4 aliphatic rings. The zero-order valence-electron chi connectivity index (χ0n) is 40.5. The van der Waals surface area contributed by atoms with Crippen LogP contribution >= 0.6 is 0 Å². The first-order valence-electron chi connectivity index (χ1n) is 23.9. The Morgan fingerprint density at radius 1 is 0.862 bits per heavy atom. The molecule has 7 unspecified atom stereocenters. The molecule has 1 aliphatic carbocycles. The van der Waals surface area contributed by atoms with Crippen LogP contribution in [-0.4, -0.2) is 127 Å². The fourth-order valence-electron chi connectivity index (χ4n) is 10.1. The van der Waals surface area contributed by atoms with Crippen LogP contribution in [0, 0.1) is 35.5 Å². The van der Waals surface area contributed by atoms with Gasteiger partial charge in [-0.15, -0.1) is 0 Å². The van der Waals surface area contributed by atoms with E-state index in [1.54, 1.807) is 48.0 Å². The number of carbonyl (C=O) groups is 5. The standard InChI is InChI=1S/C51H78FNO12/c1-30-16-12-11-13-17-31(2)42(61-8)28-38-21-19-36(7)51(52,65-38)48(58)49(59)53-23-15-14-18-39(53)50(60)64-43(33(4)26-37-20-22-40(54)44(27-37)62-9)29-41(55)32(3)25-35(6)46(57)47(63-10)45(56)34(5)24-30/h11-13,16-17,25,30,32-34,36-40,42-44,46-47,54,57H,14-15,18-24,26-29H2,1-10H3/b13-11+,16-12+,31-17+,35-25+/t30-,32-,33-,34-,36-,37+,38+,39+,40?,42?,43?,44?,46?,47?,51?/m1/s1. The Balaban J connectivity index is 1.70. The number of nitrogens with zero attached hydrogens (tertiary/aromatic N) is 1. The first-order valence-corrected chi connectivity index (χ1v) is 23.9. The van der Waals surface area contributed by atoms with Crippen LogP contribution in [0.2, 0.25) is 0 Å². The average molecular weight is 916 g/mol. The number of methoxy groups -OCH3 is 3. The van der Waals surface area contributed by atoms with Crippen molar-refractivity contribution in [2.24, 2.45) is 35.5 Å². The van der Waals surface area contributed by atoms with Gasteiger partial charge in [0.1, 0.15) is 30.1 Å². The number of allylic oxidation sites excluding steroid dienone is 6. The van der Waals surface area contributed by atoms with Crippen LogP contribution in [0.4, 0.5) is 4.39 Å². The van der Waals surface area contributed by atoms with Crippen LogP contribution in [-0.2, 0) is 47.7 Å². The van der Waals surface area contributed by atoms with Crippen molar-refractivity contribution in [2.45, 2.75) is 180 Å². The summed E-state index contributed by atoms with van der Waals surface area (Å²) in [6, 6.07) is -1.20. The lowest BCUT2D eigenvalue weighted by molar-refractivity contribution is -0.231. The molecule has 65 heavy (non-hydrogen) atoms. The summed E-state index contributed by atoms with van der Waals surface area (Å²) < 4.78 is 46.1. The van der Waals surface area contributed by atoms with Gasteiger partial charge < -0.3 is 38.8 Å². The van der Waals surface area contributed by atoms with Gasteiger partial charge in [0.25, 0.3) is 17.5 Å². The topological polar surface area (TPSA) is 175 Å². The number of hydrogen-bond donors (Lipinski definition) is 2. The largest absolute Gasteiger partial charge is 0.460 e. The number of esters is 1. The number of ketones is 3. The summed E-state index contributed by atoms with van der Waals surface area (Å²) >= 11 is 0. The Morgan fingerprint density at radius 3 is 2.26 bits per heavy atom.